The highest BCUT2D eigenvalue weighted by Gasteiger charge is 2.50. The van der Waals surface area contributed by atoms with Gasteiger partial charge in [0.25, 0.3) is 17.7 Å². The van der Waals surface area contributed by atoms with E-state index in [1.165, 1.54) is 35.5 Å². The molecule has 0 aliphatic carbocycles. The first-order valence-electron chi connectivity index (χ1n) is 35.3. The second-order valence-electron chi connectivity index (χ2n) is 28.3. The van der Waals surface area contributed by atoms with Crippen molar-refractivity contribution >= 4 is 134 Å². The third-order valence-corrected chi connectivity index (χ3v) is 23.1. The van der Waals surface area contributed by atoms with Crippen molar-refractivity contribution in [2.45, 2.75) is 75.5 Å². The van der Waals surface area contributed by atoms with Crippen LogP contribution in [0.3, 0.4) is 0 Å². The lowest BCUT2D eigenvalue weighted by molar-refractivity contribution is 0.0970. The molecule has 0 atom stereocenters. The molecule has 9 aromatic rings. The molecular formula is C84H77Cl7F3N9O3. The van der Waals surface area contributed by atoms with E-state index in [2.05, 4.69) is 53.9 Å². The molecule has 22 heteroatoms. The number of aryl methyl sites for hydroxylation is 3. The third kappa shape index (κ3) is 17.2. The molecule has 546 valence electrons. The van der Waals surface area contributed by atoms with Gasteiger partial charge in [0, 0.05) is 160 Å². The van der Waals surface area contributed by atoms with Crippen molar-refractivity contribution in [1.82, 2.24) is 29.7 Å². The van der Waals surface area contributed by atoms with Gasteiger partial charge in [0.05, 0.1) is 0 Å². The maximum atomic E-state index is 13.9. The number of fused-ring (bicyclic) bond motifs is 6. The van der Waals surface area contributed by atoms with Crippen molar-refractivity contribution in [1.29, 1.82) is 0 Å². The van der Waals surface area contributed by atoms with Crippen LogP contribution in [0.5, 0.6) is 0 Å². The number of amides is 3. The molecule has 3 spiro atoms. The fourth-order valence-electron chi connectivity index (χ4n) is 15.8. The molecule has 6 aliphatic rings. The largest absolute Gasteiger partial charge is 0.307 e. The lowest BCUT2D eigenvalue weighted by Crippen LogP contribution is -2.46. The Kier molecular flexibility index (Phi) is 23.7. The molecule has 0 N–H and O–H groups in total. The molecule has 3 saturated heterocycles. The van der Waals surface area contributed by atoms with Crippen molar-refractivity contribution in [3.8, 4) is 0 Å². The van der Waals surface area contributed by atoms with E-state index in [-0.39, 0.29) is 39.5 Å². The topological polar surface area (TPSA) is 109 Å². The van der Waals surface area contributed by atoms with Gasteiger partial charge in [0.15, 0.2) is 0 Å². The van der Waals surface area contributed by atoms with Crippen LogP contribution in [-0.4, -0.2) is 126 Å². The van der Waals surface area contributed by atoms with Crippen LogP contribution in [0.2, 0.25) is 35.3 Å². The fourth-order valence-corrected chi connectivity index (χ4v) is 17.3. The van der Waals surface area contributed by atoms with Crippen molar-refractivity contribution in [2.75, 3.05) is 93.2 Å². The van der Waals surface area contributed by atoms with Gasteiger partial charge in [0.1, 0.15) is 16.8 Å². The number of hydrogen-bond donors (Lipinski definition) is 0. The monoisotopic (exact) mass is 1560 g/mol. The maximum absolute atomic E-state index is 13.9. The SMILES string of the molecule is Cc1cc(C(=O)N2CC3(CCN(C/C=C/c4ccc(Cl)cc4Cl)CC3)c3cc(Cl)ccc32)cc(C)n1.Cc1cc(C(=O)N2CC3(CCN(C/C=C/c4ccccc4Cl)CC3)c3cc(Cl)ccc32)cc(Cl)n1.O=C(c1ccnc(F)c1)N1CC2(CCN(C/C=C/c3ccc(F)cc3F)CC2)c2cc(Cl)ccc21. The molecule has 15 rings (SSSR count). The van der Waals surface area contributed by atoms with Gasteiger partial charge in [-0.05, 0) is 242 Å². The molecule has 3 amide bonds. The summed E-state index contributed by atoms with van der Waals surface area (Å²) in [6.45, 7) is 15.2. The van der Waals surface area contributed by atoms with Crippen LogP contribution in [0.4, 0.5) is 30.2 Å². The molecule has 6 aromatic carbocycles. The highest BCUT2D eigenvalue weighted by molar-refractivity contribution is 6.36. The Morgan fingerprint density at radius 1 is 0.415 bits per heavy atom. The first-order valence-corrected chi connectivity index (χ1v) is 38.0. The molecule has 0 saturated carbocycles. The Morgan fingerprint density at radius 2 is 0.811 bits per heavy atom. The second-order valence-corrected chi connectivity index (χ2v) is 31.2. The number of benzene rings is 6. The van der Waals surface area contributed by atoms with E-state index >= 15 is 0 Å². The summed E-state index contributed by atoms with van der Waals surface area (Å²) < 4.78 is 40.6. The minimum Gasteiger partial charge on any atom is -0.307 e. The summed E-state index contributed by atoms with van der Waals surface area (Å²) in [6, 6.07) is 44.2. The van der Waals surface area contributed by atoms with Gasteiger partial charge in [-0.2, -0.15) is 4.39 Å². The number of rotatable bonds is 12. The average Bonchev–Trinajstić information content (AvgIpc) is 1.60. The normalized spacial score (nSPS) is 17.3. The van der Waals surface area contributed by atoms with Crippen LogP contribution in [-0.2, 0) is 16.2 Å². The number of carbonyl (C=O) groups excluding carboxylic acids is 3. The summed E-state index contributed by atoms with van der Waals surface area (Å²) in [7, 11) is 0. The molecule has 12 nitrogen and oxygen atoms in total. The van der Waals surface area contributed by atoms with Crippen molar-refractivity contribution in [3.05, 3.63) is 296 Å². The number of piperidine rings is 3. The van der Waals surface area contributed by atoms with Crippen LogP contribution in [0.25, 0.3) is 18.2 Å². The standard InChI is InChI=1S/C29H28Cl3N3O.C28H26Cl3N3O.C27H23ClF3N3O/c1-19-14-22(15-20(2)33-19)28(36)35-18-29(25-16-23(30)7-8-27(25)35)9-12-34(13-10-29)11-3-4-21-5-6-24(31)17-26(21)32;1-19-15-21(16-26(31)32-19)27(35)34-18-28(23-17-22(29)8-9-25(23)34)10-13-33(14-11-28)12-4-6-20-5-2-3-7-24(20)30;28-20-4-6-24-22(15-20)27(17-34(24)26(35)19-7-10-32-25(31)14-19)8-12-33(13-9-27)11-1-2-18-3-5-21(29)16-23(18)30/h3-8,14-17H,9-13,18H2,1-2H3;2-9,15-17H,10-14,18H2,1H3;1-7,10,14-16H,8-9,11-13,17H2/b4-3+;6-4+;2-1+. The predicted molar refractivity (Wildman–Crippen MR) is 425 cm³/mol. The maximum Gasteiger partial charge on any atom is 0.258 e. The van der Waals surface area contributed by atoms with E-state index in [0.29, 0.717) is 73.1 Å². The molecule has 9 heterocycles. The quantitative estimate of drug-likeness (QED) is 0.110. The second kappa shape index (κ2) is 32.9. The number of carbonyl (C=O) groups is 3. The van der Waals surface area contributed by atoms with Crippen molar-refractivity contribution in [2.24, 2.45) is 0 Å². The van der Waals surface area contributed by atoms with Crippen LogP contribution in [0, 0.1) is 38.4 Å². The summed E-state index contributed by atoms with van der Waals surface area (Å²) in [5.41, 5.74) is 11.9. The zero-order chi connectivity index (χ0) is 74.6. The van der Waals surface area contributed by atoms with Gasteiger partial charge >= 0.3 is 0 Å². The summed E-state index contributed by atoms with van der Waals surface area (Å²) >= 11 is 43.9. The lowest BCUT2D eigenvalue weighted by atomic mass is 9.74. The molecule has 3 fully saturated rings. The molecule has 3 aromatic heterocycles. The van der Waals surface area contributed by atoms with Crippen LogP contribution < -0.4 is 14.7 Å². The zero-order valence-corrected chi connectivity index (χ0v) is 64.0. The Balaban J connectivity index is 0.000000141. The zero-order valence-electron chi connectivity index (χ0n) is 58.7. The van der Waals surface area contributed by atoms with Crippen LogP contribution in [0.1, 0.15) is 120 Å². The van der Waals surface area contributed by atoms with Gasteiger partial charge in [-0.3, -0.25) is 34.1 Å². The van der Waals surface area contributed by atoms with E-state index in [0.717, 1.165) is 159 Å². The number of pyridine rings is 3. The first-order chi connectivity index (χ1) is 50.9. The van der Waals surface area contributed by atoms with Crippen molar-refractivity contribution in [3.63, 3.8) is 0 Å². The fraction of sp³-hybridized carbons (Fsp3) is 0.286. The first kappa shape index (κ1) is 76.3. The van der Waals surface area contributed by atoms with Gasteiger partial charge in [-0.25, -0.2) is 18.7 Å². The minimum absolute atomic E-state index is 0.0225. The number of hydrogen-bond acceptors (Lipinski definition) is 9. The Labute approximate surface area is 651 Å². The molecule has 0 unspecified atom stereocenters. The van der Waals surface area contributed by atoms with Crippen LogP contribution in [0.15, 0.2) is 176 Å². The number of anilines is 3. The summed E-state index contributed by atoms with van der Waals surface area (Å²) in [5, 5.41) is 4.40. The lowest BCUT2D eigenvalue weighted by Gasteiger charge is -2.39. The predicted octanol–water partition coefficient (Wildman–Crippen LogP) is 20.3. The molecule has 6 aliphatic heterocycles. The Hall–Kier alpha value is -7.90. The van der Waals surface area contributed by atoms with Gasteiger partial charge in [-0.1, -0.05) is 142 Å². The van der Waals surface area contributed by atoms with E-state index < -0.39 is 17.6 Å². The Morgan fingerprint density at radius 3 is 1.25 bits per heavy atom. The highest BCUT2D eigenvalue weighted by atomic mass is 35.5. The number of nitrogens with zero attached hydrogens (tertiary/aromatic N) is 9. The smallest absolute Gasteiger partial charge is 0.258 e. The summed E-state index contributed by atoms with van der Waals surface area (Å²) in [4.78, 5) is 65.4. The van der Waals surface area contributed by atoms with Crippen LogP contribution >= 0.6 is 81.2 Å². The summed E-state index contributed by atoms with van der Waals surface area (Å²) in [5.74, 6) is -2.17. The molecule has 106 heavy (non-hydrogen) atoms. The van der Waals surface area contributed by atoms with Gasteiger partial charge < -0.3 is 14.7 Å². The highest BCUT2D eigenvalue weighted by Crippen LogP contribution is 2.52. The minimum atomic E-state index is -0.692. The Bertz CT molecular complexity index is 4880. The van der Waals surface area contributed by atoms with E-state index in [1.54, 1.807) is 35.2 Å². The third-order valence-electron chi connectivity index (χ3n) is 21.3. The average molecular weight is 1570 g/mol. The van der Waals surface area contributed by atoms with Gasteiger partial charge in [-0.15, -0.1) is 0 Å². The van der Waals surface area contributed by atoms with E-state index in [4.69, 9.17) is 81.2 Å². The number of aromatic nitrogens is 3. The molecule has 0 radical (unpaired) electrons. The van der Waals surface area contributed by atoms with Gasteiger partial charge in [0.2, 0.25) is 5.95 Å². The number of halogens is 10. The van der Waals surface area contributed by atoms with Crippen molar-refractivity contribution < 1.29 is 27.6 Å². The van der Waals surface area contributed by atoms with E-state index in [9.17, 15) is 27.6 Å². The molecule has 0 bridgehead atoms. The summed E-state index contributed by atoms with van der Waals surface area (Å²) in [6.07, 6.45) is 18.8. The van der Waals surface area contributed by atoms with E-state index in [1.807, 2.05) is 134 Å². The number of likely N-dealkylation sites (tertiary alicyclic amines) is 3. The molecular weight excluding hydrogens is 1490 g/mol.